The van der Waals surface area contributed by atoms with Gasteiger partial charge in [-0.3, -0.25) is 0 Å². The van der Waals surface area contributed by atoms with E-state index in [2.05, 4.69) is 12.2 Å². The second-order valence-electron chi connectivity index (χ2n) is 3.16. The van der Waals surface area contributed by atoms with Gasteiger partial charge >= 0.3 is 0 Å². The molecule has 0 aromatic carbocycles. The Bertz CT molecular complexity index is 81.3. The first kappa shape index (κ1) is 8.02. The molecule has 3 N–H and O–H groups in total. The molecule has 2 nitrogen and oxygen atoms in total. The molecule has 0 saturated carbocycles. The summed E-state index contributed by atoms with van der Waals surface area (Å²) in [4.78, 5) is 0. The zero-order valence-electron chi connectivity index (χ0n) is 6.77. The molecule has 0 unspecified atom stereocenters. The fraction of sp³-hybridized carbons (Fsp3) is 1.00. The van der Waals surface area contributed by atoms with Gasteiger partial charge in [-0.15, -0.1) is 0 Å². The third kappa shape index (κ3) is 1.70. The quantitative estimate of drug-likeness (QED) is 0.592. The summed E-state index contributed by atoms with van der Waals surface area (Å²) in [7, 11) is 0. The standard InChI is InChI=1S/C8H18N2/c1-2-7-6-10-4-3-8(7)5-9/h7-8,10H,2-6,9H2,1H3/t7-,8-/m0/s1. The molecular weight excluding hydrogens is 124 g/mol. The predicted molar refractivity (Wildman–Crippen MR) is 43.8 cm³/mol. The maximum Gasteiger partial charge on any atom is -0.00175 e. The smallest absolute Gasteiger partial charge is 0.00175 e. The van der Waals surface area contributed by atoms with E-state index < -0.39 is 0 Å². The van der Waals surface area contributed by atoms with E-state index in [1.807, 2.05) is 0 Å². The normalized spacial score (nSPS) is 34.2. The monoisotopic (exact) mass is 142 g/mol. The van der Waals surface area contributed by atoms with Gasteiger partial charge in [-0.1, -0.05) is 13.3 Å². The zero-order chi connectivity index (χ0) is 7.40. The highest BCUT2D eigenvalue weighted by atomic mass is 14.9. The summed E-state index contributed by atoms with van der Waals surface area (Å²) in [5.41, 5.74) is 5.64. The average molecular weight is 142 g/mol. The average Bonchev–Trinajstić information content (AvgIpc) is 2.04. The van der Waals surface area contributed by atoms with E-state index >= 15 is 0 Å². The maximum absolute atomic E-state index is 5.64. The highest BCUT2D eigenvalue weighted by Gasteiger charge is 2.21. The largest absolute Gasteiger partial charge is 0.330 e. The van der Waals surface area contributed by atoms with E-state index in [1.54, 1.807) is 0 Å². The highest BCUT2D eigenvalue weighted by Crippen LogP contribution is 2.20. The van der Waals surface area contributed by atoms with Gasteiger partial charge in [0.1, 0.15) is 0 Å². The van der Waals surface area contributed by atoms with Gasteiger partial charge in [-0.2, -0.15) is 0 Å². The predicted octanol–water partition coefficient (Wildman–Crippen LogP) is 0.581. The molecule has 10 heavy (non-hydrogen) atoms. The zero-order valence-corrected chi connectivity index (χ0v) is 6.77. The minimum atomic E-state index is 0.784. The van der Waals surface area contributed by atoms with Crippen LogP contribution >= 0.6 is 0 Å². The van der Waals surface area contributed by atoms with Crippen LogP contribution in [-0.4, -0.2) is 19.6 Å². The second kappa shape index (κ2) is 3.94. The van der Waals surface area contributed by atoms with Crippen molar-refractivity contribution >= 4 is 0 Å². The molecule has 1 saturated heterocycles. The molecule has 0 aromatic rings. The van der Waals surface area contributed by atoms with E-state index in [4.69, 9.17) is 5.73 Å². The number of hydrogen-bond donors (Lipinski definition) is 2. The molecule has 0 spiro atoms. The minimum absolute atomic E-state index is 0.784. The Hall–Kier alpha value is -0.0800. The van der Waals surface area contributed by atoms with E-state index in [1.165, 1.54) is 25.9 Å². The Balaban J connectivity index is 2.34. The van der Waals surface area contributed by atoms with E-state index in [0.29, 0.717) is 0 Å². The minimum Gasteiger partial charge on any atom is -0.330 e. The van der Waals surface area contributed by atoms with Crippen LogP contribution in [0.5, 0.6) is 0 Å². The molecular formula is C8H18N2. The summed E-state index contributed by atoms with van der Waals surface area (Å²) in [6.45, 7) is 5.47. The van der Waals surface area contributed by atoms with Gasteiger partial charge in [-0.25, -0.2) is 0 Å². The van der Waals surface area contributed by atoms with Crippen LogP contribution in [0.15, 0.2) is 0 Å². The van der Waals surface area contributed by atoms with Crippen molar-refractivity contribution in [3.05, 3.63) is 0 Å². The molecule has 0 aliphatic carbocycles. The summed E-state index contributed by atoms with van der Waals surface area (Å²) >= 11 is 0. The molecule has 60 valence electrons. The molecule has 0 amide bonds. The Labute approximate surface area is 63.2 Å². The van der Waals surface area contributed by atoms with Crippen molar-refractivity contribution in [3.63, 3.8) is 0 Å². The molecule has 0 radical (unpaired) electrons. The second-order valence-corrected chi connectivity index (χ2v) is 3.16. The third-order valence-electron chi connectivity index (χ3n) is 2.59. The molecule has 2 atom stereocenters. The Morgan fingerprint density at radius 1 is 1.50 bits per heavy atom. The van der Waals surface area contributed by atoms with Crippen LogP contribution in [0.25, 0.3) is 0 Å². The van der Waals surface area contributed by atoms with Gasteiger partial charge in [-0.05, 0) is 37.9 Å². The molecule has 1 aliphatic rings. The van der Waals surface area contributed by atoms with Crippen LogP contribution in [0.1, 0.15) is 19.8 Å². The topological polar surface area (TPSA) is 38.0 Å². The van der Waals surface area contributed by atoms with Gasteiger partial charge < -0.3 is 11.1 Å². The summed E-state index contributed by atoms with van der Waals surface area (Å²) in [5.74, 6) is 1.62. The first-order chi connectivity index (χ1) is 4.88. The van der Waals surface area contributed by atoms with Gasteiger partial charge in [0.2, 0.25) is 0 Å². The van der Waals surface area contributed by atoms with Crippen molar-refractivity contribution in [2.24, 2.45) is 17.6 Å². The number of hydrogen-bond acceptors (Lipinski definition) is 2. The van der Waals surface area contributed by atoms with Gasteiger partial charge in [0, 0.05) is 0 Å². The first-order valence-electron chi connectivity index (χ1n) is 4.29. The van der Waals surface area contributed by atoms with Gasteiger partial charge in [0.15, 0.2) is 0 Å². The molecule has 2 heteroatoms. The van der Waals surface area contributed by atoms with Gasteiger partial charge in [0.05, 0.1) is 0 Å². The highest BCUT2D eigenvalue weighted by molar-refractivity contribution is 4.77. The lowest BCUT2D eigenvalue weighted by molar-refractivity contribution is 0.254. The molecule has 1 heterocycles. The molecule has 0 aromatic heterocycles. The lowest BCUT2D eigenvalue weighted by Crippen LogP contribution is -2.39. The third-order valence-corrected chi connectivity index (χ3v) is 2.59. The molecule has 1 aliphatic heterocycles. The SMILES string of the molecule is CC[C@H]1CNCC[C@H]1CN. The lowest BCUT2D eigenvalue weighted by atomic mass is 9.85. The van der Waals surface area contributed by atoms with E-state index in [9.17, 15) is 0 Å². The Morgan fingerprint density at radius 2 is 2.30 bits per heavy atom. The van der Waals surface area contributed by atoms with E-state index in [0.717, 1.165) is 18.4 Å². The number of rotatable bonds is 2. The van der Waals surface area contributed by atoms with Crippen LogP contribution in [-0.2, 0) is 0 Å². The maximum atomic E-state index is 5.64. The van der Waals surface area contributed by atoms with E-state index in [-0.39, 0.29) is 0 Å². The van der Waals surface area contributed by atoms with Crippen LogP contribution in [0.3, 0.4) is 0 Å². The van der Waals surface area contributed by atoms with Crippen molar-refractivity contribution in [1.29, 1.82) is 0 Å². The molecule has 0 bridgehead atoms. The fourth-order valence-electron chi connectivity index (χ4n) is 1.77. The van der Waals surface area contributed by atoms with Crippen molar-refractivity contribution in [2.45, 2.75) is 19.8 Å². The number of nitrogens with one attached hydrogen (secondary N) is 1. The summed E-state index contributed by atoms with van der Waals surface area (Å²) in [6, 6.07) is 0. The first-order valence-corrected chi connectivity index (χ1v) is 4.29. The van der Waals surface area contributed by atoms with Crippen molar-refractivity contribution in [1.82, 2.24) is 5.32 Å². The van der Waals surface area contributed by atoms with Crippen LogP contribution in [0, 0.1) is 11.8 Å². The van der Waals surface area contributed by atoms with Crippen molar-refractivity contribution < 1.29 is 0 Å². The lowest BCUT2D eigenvalue weighted by Gasteiger charge is -2.30. The van der Waals surface area contributed by atoms with Crippen molar-refractivity contribution in [2.75, 3.05) is 19.6 Å². The fourth-order valence-corrected chi connectivity index (χ4v) is 1.77. The van der Waals surface area contributed by atoms with Gasteiger partial charge in [0.25, 0.3) is 0 Å². The number of piperidine rings is 1. The Morgan fingerprint density at radius 3 is 2.80 bits per heavy atom. The summed E-state index contributed by atoms with van der Waals surface area (Å²) in [5, 5.41) is 3.39. The molecule has 1 rings (SSSR count). The van der Waals surface area contributed by atoms with Crippen LogP contribution < -0.4 is 11.1 Å². The van der Waals surface area contributed by atoms with Crippen LogP contribution in [0.2, 0.25) is 0 Å². The Kier molecular flexibility index (Phi) is 3.16. The molecule has 1 fully saturated rings. The summed E-state index contributed by atoms with van der Waals surface area (Å²) < 4.78 is 0. The van der Waals surface area contributed by atoms with Crippen LogP contribution in [0.4, 0.5) is 0 Å². The number of nitrogens with two attached hydrogens (primary N) is 1. The summed E-state index contributed by atoms with van der Waals surface area (Å²) in [6.07, 6.45) is 2.55. The van der Waals surface area contributed by atoms with Crippen molar-refractivity contribution in [3.8, 4) is 0 Å².